The molecule has 4 N–H and O–H groups in total. The second-order valence-electron chi connectivity index (χ2n) is 7.87. The van der Waals surface area contributed by atoms with Crippen LogP contribution in [0.5, 0.6) is 0 Å². The van der Waals surface area contributed by atoms with Gasteiger partial charge in [-0.05, 0) is 40.2 Å². The second kappa shape index (κ2) is 10.1. The summed E-state index contributed by atoms with van der Waals surface area (Å²) in [5, 5.41) is 20.5. The van der Waals surface area contributed by atoms with E-state index in [9.17, 15) is 28.0 Å². The van der Waals surface area contributed by atoms with E-state index in [1.54, 1.807) is 27.7 Å². The van der Waals surface area contributed by atoms with Gasteiger partial charge in [0.25, 0.3) is 0 Å². The highest BCUT2D eigenvalue weighted by Crippen LogP contribution is 2.51. The van der Waals surface area contributed by atoms with Crippen molar-refractivity contribution in [3.8, 4) is 0 Å². The van der Waals surface area contributed by atoms with Gasteiger partial charge < -0.3 is 29.7 Å². The quantitative estimate of drug-likeness (QED) is 0.388. The van der Waals surface area contributed by atoms with Crippen molar-refractivity contribution in [3.63, 3.8) is 0 Å². The third-order valence-corrected chi connectivity index (χ3v) is 9.46. The number of nitrogen functional groups attached to an aromatic ring is 1. The molecule has 0 amide bonds. The molecule has 0 saturated carbocycles. The van der Waals surface area contributed by atoms with Crippen molar-refractivity contribution < 1.29 is 37.0 Å². The van der Waals surface area contributed by atoms with Crippen LogP contribution >= 0.6 is 7.60 Å². The van der Waals surface area contributed by atoms with Gasteiger partial charge in [-0.1, -0.05) is 0 Å². The molecule has 178 valence electrons. The van der Waals surface area contributed by atoms with Crippen LogP contribution in [0.1, 0.15) is 40.3 Å². The third kappa shape index (κ3) is 7.07. The topological polar surface area (TPSA) is 180 Å². The Hall–Kier alpha value is -1.34. The Balaban J connectivity index is 2.08. The molecule has 0 bridgehead atoms. The van der Waals surface area contributed by atoms with Crippen LogP contribution in [0.2, 0.25) is 0 Å². The summed E-state index contributed by atoms with van der Waals surface area (Å²) in [5.74, 6) is -0.524. The van der Waals surface area contributed by atoms with Crippen molar-refractivity contribution in [2.75, 3.05) is 17.0 Å². The maximum Gasteiger partial charge on any atom is 0.351 e. The number of aromatic nitrogens is 2. The molecule has 1 aliphatic heterocycles. The molecule has 1 aromatic rings. The summed E-state index contributed by atoms with van der Waals surface area (Å²) >= 11 is 0. The van der Waals surface area contributed by atoms with Gasteiger partial charge in [-0.2, -0.15) is 4.98 Å². The van der Waals surface area contributed by atoms with E-state index in [0.29, 0.717) is 0 Å². The summed E-state index contributed by atoms with van der Waals surface area (Å²) < 4.78 is 55.1. The predicted molar refractivity (Wildman–Crippen MR) is 112 cm³/mol. The summed E-state index contributed by atoms with van der Waals surface area (Å²) in [6.45, 7) is 6.45. The van der Waals surface area contributed by atoms with Gasteiger partial charge in [0.15, 0.2) is 21.6 Å². The lowest BCUT2D eigenvalue weighted by Crippen LogP contribution is -2.35. The molecule has 1 aliphatic rings. The van der Waals surface area contributed by atoms with Gasteiger partial charge in [0.1, 0.15) is 18.0 Å². The first kappa shape index (κ1) is 25.9. The van der Waals surface area contributed by atoms with E-state index in [2.05, 4.69) is 4.98 Å². The fourth-order valence-corrected chi connectivity index (χ4v) is 8.00. The highest BCUT2D eigenvalue weighted by Gasteiger charge is 2.45. The largest absolute Gasteiger partial charge is 0.388 e. The van der Waals surface area contributed by atoms with E-state index in [4.69, 9.17) is 19.5 Å². The fourth-order valence-electron chi connectivity index (χ4n) is 3.15. The number of hydrogen-bond donors (Lipinski definition) is 3. The molecule has 4 atom stereocenters. The number of rotatable bonds is 10. The van der Waals surface area contributed by atoms with E-state index in [-0.39, 0.29) is 12.2 Å². The molecule has 14 heteroatoms. The number of sulfone groups is 1. The van der Waals surface area contributed by atoms with Crippen molar-refractivity contribution in [2.24, 2.45) is 0 Å². The molecule has 2 heterocycles. The van der Waals surface area contributed by atoms with Crippen LogP contribution in [-0.2, 0) is 28.2 Å². The molecule has 1 saturated heterocycles. The summed E-state index contributed by atoms with van der Waals surface area (Å²) in [6.07, 6.45) is -5.26. The van der Waals surface area contributed by atoms with Crippen molar-refractivity contribution in [1.29, 1.82) is 0 Å². The van der Waals surface area contributed by atoms with Crippen molar-refractivity contribution in [3.05, 3.63) is 22.7 Å². The minimum atomic E-state index is -3.94. The predicted octanol–water partition coefficient (Wildman–Crippen LogP) is 0.250. The molecule has 0 aliphatic carbocycles. The number of nitrogens with zero attached hydrogens (tertiary/aromatic N) is 2. The van der Waals surface area contributed by atoms with E-state index in [0.717, 1.165) is 4.57 Å². The van der Waals surface area contributed by atoms with Crippen molar-refractivity contribution in [1.82, 2.24) is 9.55 Å². The van der Waals surface area contributed by atoms with Crippen LogP contribution in [0.15, 0.2) is 17.1 Å². The molecule has 31 heavy (non-hydrogen) atoms. The molecule has 0 unspecified atom stereocenters. The Kier molecular flexibility index (Phi) is 8.42. The van der Waals surface area contributed by atoms with Gasteiger partial charge in [0, 0.05) is 6.20 Å². The van der Waals surface area contributed by atoms with E-state index < -0.39 is 71.1 Å². The lowest BCUT2D eigenvalue weighted by atomic mass is 10.1. The average molecular weight is 483 g/mol. The Morgan fingerprint density at radius 3 is 2.32 bits per heavy atom. The molecular weight excluding hydrogens is 453 g/mol. The van der Waals surface area contributed by atoms with Crippen LogP contribution in [0.25, 0.3) is 0 Å². The minimum Gasteiger partial charge on any atom is -0.388 e. The number of ether oxygens (including phenoxy) is 1. The molecule has 12 nitrogen and oxygen atoms in total. The monoisotopic (exact) mass is 483 g/mol. The number of aliphatic hydroxyl groups is 2. The van der Waals surface area contributed by atoms with Gasteiger partial charge in [-0.3, -0.25) is 9.13 Å². The van der Waals surface area contributed by atoms with Crippen LogP contribution in [-0.4, -0.2) is 69.9 Å². The lowest BCUT2D eigenvalue weighted by molar-refractivity contribution is -0.0401. The number of hydrogen-bond acceptors (Lipinski definition) is 11. The maximum absolute atomic E-state index is 12.9. The molecular formula is C17H30N3O9PS. The standard InChI is InChI=1S/C17H30N3O9PS/c1-10(2)28-30(24,29-11(3)4)9-31(25,26)8-6-12-14(21)15(22)16(27-12)20-7-5-13(18)19-17(20)23/h5,7,10-12,14-16,21-22H,6,8-9H2,1-4H3,(H2,18,19,23)/t12-,14-,15-,16-/m1/s1. The van der Waals surface area contributed by atoms with Gasteiger partial charge in [-0.15, -0.1) is 0 Å². The van der Waals surface area contributed by atoms with Crippen molar-refractivity contribution >= 4 is 23.3 Å². The maximum atomic E-state index is 12.9. The average Bonchev–Trinajstić information content (AvgIpc) is 2.86. The lowest BCUT2D eigenvalue weighted by Gasteiger charge is -2.23. The van der Waals surface area contributed by atoms with Crippen LogP contribution in [0, 0.1) is 0 Å². The van der Waals surface area contributed by atoms with Crippen LogP contribution < -0.4 is 11.4 Å². The van der Waals surface area contributed by atoms with Crippen LogP contribution in [0.4, 0.5) is 5.82 Å². The van der Waals surface area contributed by atoms with Gasteiger partial charge in [0.2, 0.25) is 0 Å². The Morgan fingerprint density at radius 1 is 1.23 bits per heavy atom. The molecule has 0 spiro atoms. The molecule has 0 aromatic carbocycles. The first-order valence-corrected chi connectivity index (χ1v) is 13.3. The Bertz CT molecular complexity index is 952. The minimum absolute atomic E-state index is 0.0198. The number of anilines is 1. The zero-order valence-corrected chi connectivity index (χ0v) is 19.5. The molecule has 1 aromatic heterocycles. The zero-order chi connectivity index (χ0) is 23.6. The van der Waals surface area contributed by atoms with Crippen LogP contribution in [0.3, 0.4) is 0 Å². The summed E-state index contributed by atoms with van der Waals surface area (Å²) in [5.41, 5.74) is 3.82. The highest BCUT2D eigenvalue weighted by atomic mass is 32.2. The highest BCUT2D eigenvalue weighted by molar-refractivity contribution is 7.97. The number of aliphatic hydroxyl groups excluding tert-OH is 2. The normalized spacial score (nSPS) is 24.9. The Morgan fingerprint density at radius 2 is 1.81 bits per heavy atom. The SMILES string of the molecule is CC(C)OP(=O)(CS(=O)(=O)CC[C@H]1O[C@@H](n2ccc(N)nc2=O)[C@H](O)[C@@H]1O)OC(C)C. The third-order valence-electron chi connectivity index (χ3n) is 4.27. The first-order valence-electron chi connectivity index (χ1n) is 9.75. The summed E-state index contributed by atoms with van der Waals surface area (Å²) in [4.78, 5) is 15.5. The fraction of sp³-hybridized carbons (Fsp3) is 0.765. The second-order valence-corrected chi connectivity index (χ2v) is 12.4. The number of nitrogens with two attached hydrogens (primary N) is 1. The van der Waals surface area contributed by atoms with Gasteiger partial charge >= 0.3 is 13.3 Å². The van der Waals surface area contributed by atoms with Gasteiger partial charge in [-0.25, -0.2) is 13.2 Å². The van der Waals surface area contributed by atoms with Crippen molar-refractivity contribution in [2.45, 2.75) is 70.9 Å². The van der Waals surface area contributed by atoms with E-state index in [1.165, 1.54) is 12.3 Å². The summed E-state index contributed by atoms with van der Waals surface area (Å²) in [7, 11) is -7.86. The van der Waals surface area contributed by atoms with E-state index >= 15 is 0 Å². The molecule has 2 rings (SSSR count). The first-order chi connectivity index (χ1) is 14.2. The van der Waals surface area contributed by atoms with Gasteiger partial charge in [0.05, 0.1) is 24.1 Å². The molecule has 1 fully saturated rings. The zero-order valence-electron chi connectivity index (χ0n) is 17.8. The smallest absolute Gasteiger partial charge is 0.351 e. The Labute approximate surface area is 180 Å². The molecule has 0 radical (unpaired) electrons. The summed E-state index contributed by atoms with van der Waals surface area (Å²) in [6, 6.07) is 1.32. The van der Waals surface area contributed by atoms with E-state index in [1.807, 2.05) is 0 Å².